The molecule has 0 spiro atoms. The molecule has 2 heteroatoms. The van der Waals surface area contributed by atoms with Crippen molar-refractivity contribution < 1.29 is 5.48 Å². The van der Waals surface area contributed by atoms with Crippen molar-refractivity contribution in [3.63, 3.8) is 0 Å². The Morgan fingerprint density at radius 3 is 2.60 bits per heavy atom. The molecule has 0 atom stereocenters. The number of quaternary nitrogens is 1. The summed E-state index contributed by atoms with van der Waals surface area (Å²) in [6, 6.07) is 7.64. The third-order valence-electron chi connectivity index (χ3n) is 1.56. The highest BCUT2D eigenvalue weighted by Gasteiger charge is 1.96. The van der Waals surface area contributed by atoms with Gasteiger partial charge >= 0.3 is 0 Å². The fourth-order valence-electron chi connectivity index (χ4n) is 0.971. The first-order valence-electron chi connectivity index (χ1n) is 3.41. The van der Waals surface area contributed by atoms with Crippen LogP contribution in [0.25, 0.3) is 0 Å². The van der Waals surface area contributed by atoms with Crippen LogP contribution in [0.3, 0.4) is 0 Å². The summed E-state index contributed by atoms with van der Waals surface area (Å²) in [5, 5.41) is 10.4. The van der Waals surface area contributed by atoms with E-state index >= 15 is 0 Å². The number of benzene rings is 1. The van der Waals surface area contributed by atoms with Crippen LogP contribution in [0, 0.1) is 5.21 Å². The SMILES string of the molecule is CCc1ccccc1[NH2+][O-]. The van der Waals surface area contributed by atoms with E-state index < -0.39 is 0 Å². The van der Waals surface area contributed by atoms with Crippen LogP contribution in [0.4, 0.5) is 5.69 Å². The maximum Gasteiger partial charge on any atom is 0.132 e. The lowest BCUT2D eigenvalue weighted by Crippen LogP contribution is -2.70. The van der Waals surface area contributed by atoms with Gasteiger partial charge in [0.2, 0.25) is 0 Å². The minimum Gasteiger partial charge on any atom is -0.630 e. The van der Waals surface area contributed by atoms with Crippen molar-refractivity contribution in [3.05, 3.63) is 35.0 Å². The van der Waals surface area contributed by atoms with E-state index in [0.29, 0.717) is 0 Å². The summed E-state index contributed by atoms with van der Waals surface area (Å²) in [4.78, 5) is 0. The van der Waals surface area contributed by atoms with E-state index in [1.165, 1.54) is 0 Å². The number of hydrogen-bond donors (Lipinski definition) is 1. The summed E-state index contributed by atoms with van der Waals surface area (Å²) >= 11 is 0. The lowest BCUT2D eigenvalue weighted by Gasteiger charge is -2.05. The highest BCUT2D eigenvalue weighted by molar-refractivity contribution is 5.38. The fraction of sp³-hybridized carbons (Fsp3) is 0.250. The summed E-state index contributed by atoms with van der Waals surface area (Å²) in [5.74, 6) is 0. The zero-order valence-electron chi connectivity index (χ0n) is 6.00. The van der Waals surface area contributed by atoms with Gasteiger partial charge in [0.25, 0.3) is 0 Å². The molecule has 0 radical (unpaired) electrons. The van der Waals surface area contributed by atoms with Crippen molar-refractivity contribution in [1.29, 1.82) is 0 Å². The largest absolute Gasteiger partial charge is 0.630 e. The third kappa shape index (κ3) is 1.35. The standard InChI is InChI=1S/C8H11NO/c1-2-7-5-3-4-6-8(7)9-10/h3-6H,2,9H2,1H3. The van der Waals surface area contributed by atoms with E-state index in [9.17, 15) is 5.21 Å². The minimum atomic E-state index is 0.810. The lowest BCUT2D eigenvalue weighted by molar-refractivity contribution is -0.497. The van der Waals surface area contributed by atoms with E-state index in [-0.39, 0.29) is 0 Å². The van der Waals surface area contributed by atoms with Gasteiger partial charge in [-0.2, -0.15) is 0 Å². The van der Waals surface area contributed by atoms with E-state index in [4.69, 9.17) is 0 Å². The second kappa shape index (κ2) is 3.34. The van der Waals surface area contributed by atoms with Crippen molar-refractivity contribution >= 4 is 5.69 Å². The van der Waals surface area contributed by atoms with E-state index in [1.807, 2.05) is 31.2 Å². The highest BCUT2D eigenvalue weighted by Crippen LogP contribution is 2.08. The molecule has 0 aromatic heterocycles. The summed E-state index contributed by atoms with van der Waals surface area (Å²) in [6.45, 7) is 2.04. The number of nitrogens with two attached hydrogens (primary N) is 1. The predicted molar refractivity (Wildman–Crippen MR) is 40.8 cm³/mol. The molecule has 2 N–H and O–H groups in total. The normalized spacial score (nSPS) is 9.80. The van der Waals surface area contributed by atoms with Gasteiger partial charge in [-0.15, -0.1) is 0 Å². The van der Waals surface area contributed by atoms with Gasteiger partial charge in [-0.3, -0.25) is 0 Å². The van der Waals surface area contributed by atoms with Crippen molar-refractivity contribution in [2.75, 3.05) is 0 Å². The Bertz CT molecular complexity index is 187. The Hall–Kier alpha value is -0.860. The van der Waals surface area contributed by atoms with E-state index in [2.05, 4.69) is 0 Å². The maximum absolute atomic E-state index is 10.4. The van der Waals surface area contributed by atoms with Gasteiger partial charge in [0.15, 0.2) is 0 Å². The highest BCUT2D eigenvalue weighted by atomic mass is 16.5. The molecule has 0 amide bonds. The Labute approximate surface area is 60.5 Å². The first-order valence-corrected chi connectivity index (χ1v) is 3.41. The molecule has 1 aromatic rings. The summed E-state index contributed by atoms with van der Waals surface area (Å²) in [5.41, 5.74) is 2.83. The van der Waals surface area contributed by atoms with E-state index in [0.717, 1.165) is 23.2 Å². The molecule has 0 saturated heterocycles. The molecule has 0 unspecified atom stereocenters. The van der Waals surface area contributed by atoms with Gasteiger partial charge in [0.1, 0.15) is 5.69 Å². The molecule has 0 aliphatic heterocycles. The molecular weight excluding hydrogens is 126 g/mol. The monoisotopic (exact) mass is 137 g/mol. The molecule has 10 heavy (non-hydrogen) atoms. The van der Waals surface area contributed by atoms with Gasteiger partial charge in [0.05, 0.1) is 0 Å². The smallest absolute Gasteiger partial charge is 0.132 e. The van der Waals surface area contributed by atoms with E-state index in [1.54, 1.807) is 0 Å². The average molecular weight is 137 g/mol. The van der Waals surface area contributed by atoms with Crippen molar-refractivity contribution in [2.24, 2.45) is 0 Å². The lowest BCUT2D eigenvalue weighted by atomic mass is 10.1. The molecule has 0 saturated carbocycles. The molecule has 0 aliphatic carbocycles. The summed E-state index contributed by atoms with van der Waals surface area (Å²) in [7, 11) is 0. The third-order valence-corrected chi connectivity index (χ3v) is 1.56. The van der Waals surface area contributed by atoms with Gasteiger partial charge < -0.3 is 10.7 Å². The molecule has 0 heterocycles. The number of rotatable bonds is 2. The molecular formula is C8H11NO. The van der Waals surface area contributed by atoms with Crippen LogP contribution in [-0.4, -0.2) is 0 Å². The topological polar surface area (TPSA) is 39.7 Å². The average Bonchev–Trinajstić information content (AvgIpc) is 2.04. The maximum atomic E-state index is 10.4. The second-order valence-electron chi connectivity index (χ2n) is 2.17. The Morgan fingerprint density at radius 1 is 1.40 bits per heavy atom. The number of aryl methyl sites for hydroxylation is 1. The van der Waals surface area contributed by atoms with Crippen LogP contribution in [0.15, 0.2) is 24.3 Å². The van der Waals surface area contributed by atoms with Crippen LogP contribution < -0.4 is 5.48 Å². The number of hydrogen-bond acceptors (Lipinski definition) is 1. The molecule has 1 rings (SSSR count). The molecule has 0 bridgehead atoms. The quantitative estimate of drug-likeness (QED) is 0.478. The first kappa shape index (κ1) is 7.25. The van der Waals surface area contributed by atoms with Crippen LogP contribution in [0.5, 0.6) is 0 Å². The van der Waals surface area contributed by atoms with Crippen LogP contribution in [0.1, 0.15) is 12.5 Å². The molecule has 0 fully saturated rings. The Morgan fingerprint density at radius 2 is 2.10 bits per heavy atom. The van der Waals surface area contributed by atoms with Crippen LogP contribution in [0.2, 0.25) is 0 Å². The summed E-state index contributed by atoms with van der Waals surface area (Å²) in [6.07, 6.45) is 0.926. The predicted octanol–water partition coefficient (Wildman–Crippen LogP) is 0.942. The van der Waals surface area contributed by atoms with Gasteiger partial charge in [-0.1, -0.05) is 25.1 Å². The minimum absolute atomic E-state index is 0.810. The van der Waals surface area contributed by atoms with Gasteiger partial charge in [-0.05, 0) is 12.5 Å². The van der Waals surface area contributed by atoms with Gasteiger partial charge in [0, 0.05) is 5.56 Å². The Kier molecular flexibility index (Phi) is 2.42. The van der Waals surface area contributed by atoms with Crippen LogP contribution >= 0.6 is 0 Å². The van der Waals surface area contributed by atoms with Crippen molar-refractivity contribution in [3.8, 4) is 0 Å². The zero-order valence-corrected chi connectivity index (χ0v) is 6.00. The Balaban J connectivity index is 2.96. The molecule has 54 valence electrons. The van der Waals surface area contributed by atoms with Crippen molar-refractivity contribution in [2.45, 2.75) is 13.3 Å². The molecule has 1 aromatic carbocycles. The zero-order chi connectivity index (χ0) is 7.40. The van der Waals surface area contributed by atoms with Gasteiger partial charge in [-0.25, -0.2) is 0 Å². The van der Waals surface area contributed by atoms with Crippen molar-refractivity contribution in [1.82, 2.24) is 0 Å². The molecule has 0 aliphatic rings. The second-order valence-corrected chi connectivity index (χ2v) is 2.17. The fourth-order valence-corrected chi connectivity index (χ4v) is 0.971. The first-order chi connectivity index (χ1) is 4.88. The summed E-state index contributed by atoms with van der Waals surface area (Å²) < 4.78 is 0. The van der Waals surface area contributed by atoms with Crippen LogP contribution in [-0.2, 0) is 6.42 Å². The molecule has 2 nitrogen and oxygen atoms in total.